The monoisotopic (exact) mass is 279 g/mol. The van der Waals surface area contributed by atoms with Crippen molar-refractivity contribution in [2.24, 2.45) is 0 Å². The van der Waals surface area contributed by atoms with Gasteiger partial charge in [-0.25, -0.2) is 0 Å². The Balaban J connectivity index is 2.12. The van der Waals surface area contributed by atoms with Crippen LogP contribution in [-0.4, -0.2) is 16.6 Å². The van der Waals surface area contributed by atoms with Crippen LogP contribution in [0.2, 0.25) is 0 Å². The summed E-state index contributed by atoms with van der Waals surface area (Å²) in [6.45, 7) is 0.971. The average Bonchev–Trinajstić information content (AvgIpc) is 2.38. The molecule has 0 aliphatic rings. The molecule has 106 valence electrons. The summed E-state index contributed by atoms with van der Waals surface area (Å²) in [6, 6.07) is 6.34. The molecule has 0 saturated heterocycles. The van der Waals surface area contributed by atoms with Gasteiger partial charge in [-0.05, 0) is 26.0 Å². The Hall–Kier alpha value is -2.24. The van der Waals surface area contributed by atoms with Crippen LogP contribution in [-0.2, 0) is 0 Å². The van der Waals surface area contributed by atoms with Gasteiger partial charge in [0.15, 0.2) is 0 Å². The van der Waals surface area contributed by atoms with E-state index in [1.54, 1.807) is 24.5 Å². The highest BCUT2D eigenvalue weighted by Gasteiger charge is 2.11. The first-order valence-corrected chi connectivity index (χ1v) is 6.15. The maximum atomic E-state index is 12.2. The summed E-state index contributed by atoms with van der Waals surface area (Å²) in [5.41, 5.74) is 2.32. The molecule has 1 aromatic carbocycles. The zero-order valence-electron chi connectivity index (χ0n) is 11.2. The van der Waals surface area contributed by atoms with Crippen LogP contribution in [0.25, 0.3) is 0 Å². The summed E-state index contributed by atoms with van der Waals surface area (Å²) in [6.07, 6.45) is 3.25. The van der Waals surface area contributed by atoms with Gasteiger partial charge in [0.1, 0.15) is 5.75 Å². The summed E-state index contributed by atoms with van der Waals surface area (Å²) in [5, 5.41) is 3.19. The Morgan fingerprint density at radius 2 is 1.95 bits per heavy atom. The molecule has 0 bridgehead atoms. The molecular formula is C14H15F2N3O. The second-order valence-electron chi connectivity index (χ2n) is 4.30. The lowest BCUT2D eigenvalue weighted by Crippen LogP contribution is -2.11. The molecule has 1 aromatic heterocycles. The van der Waals surface area contributed by atoms with Gasteiger partial charge in [0.25, 0.3) is 0 Å². The van der Waals surface area contributed by atoms with Gasteiger partial charge in [-0.1, -0.05) is 6.07 Å². The van der Waals surface area contributed by atoms with Crippen molar-refractivity contribution < 1.29 is 13.5 Å². The first-order valence-electron chi connectivity index (χ1n) is 6.15. The van der Waals surface area contributed by atoms with Gasteiger partial charge in [-0.15, -0.1) is 0 Å². The number of alkyl halides is 2. The van der Waals surface area contributed by atoms with Crippen LogP contribution in [0.4, 0.5) is 14.5 Å². The van der Waals surface area contributed by atoms with Crippen molar-refractivity contribution in [3.63, 3.8) is 0 Å². The van der Waals surface area contributed by atoms with Crippen molar-refractivity contribution in [1.29, 1.82) is 0 Å². The molecule has 0 radical (unpaired) electrons. The Morgan fingerprint density at radius 3 is 2.65 bits per heavy atom. The lowest BCUT2D eigenvalue weighted by Gasteiger charge is -2.16. The van der Waals surface area contributed by atoms with E-state index in [1.807, 2.05) is 13.8 Å². The number of aryl methyl sites for hydroxylation is 1. The number of benzene rings is 1. The molecule has 0 fully saturated rings. The molecule has 1 N–H and O–H groups in total. The molecule has 0 aliphatic heterocycles. The van der Waals surface area contributed by atoms with E-state index in [1.165, 1.54) is 12.1 Å². The average molecular weight is 279 g/mol. The van der Waals surface area contributed by atoms with Gasteiger partial charge in [0.2, 0.25) is 0 Å². The molecule has 2 aromatic rings. The third-order valence-electron chi connectivity index (χ3n) is 2.77. The number of nitrogens with zero attached hydrogens (tertiary/aromatic N) is 2. The Labute approximate surface area is 115 Å². The van der Waals surface area contributed by atoms with Crippen molar-refractivity contribution >= 4 is 5.69 Å². The first-order chi connectivity index (χ1) is 9.56. The largest absolute Gasteiger partial charge is 0.435 e. The van der Waals surface area contributed by atoms with Gasteiger partial charge in [0.05, 0.1) is 17.4 Å². The number of hydrogen-bond donors (Lipinski definition) is 1. The van der Waals surface area contributed by atoms with E-state index >= 15 is 0 Å². The van der Waals surface area contributed by atoms with Crippen molar-refractivity contribution in [3.05, 3.63) is 48.0 Å². The molecule has 6 heteroatoms. The van der Waals surface area contributed by atoms with E-state index in [0.717, 1.165) is 11.4 Å². The molecule has 0 aliphatic carbocycles. The van der Waals surface area contributed by atoms with Crippen LogP contribution in [0.15, 0.2) is 36.7 Å². The number of nitrogens with one attached hydrogen (secondary N) is 1. The normalized spacial score (nSPS) is 12.2. The van der Waals surface area contributed by atoms with E-state index in [0.29, 0.717) is 5.69 Å². The predicted octanol–water partition coefficient (Wildman–Crippen LogP) is 3.56. The van der Waals surface area contributed by atoms with Crippen LogP contribution in [0, 0.1) is 6.92 Å². The second-order valence-corrected chi connectivity index (χ2v) is 4.30. The Bertz CT molecular complexity index is 578. The van der Waals surface area contributed by atoms with Gasteiger partial charge >= 0.3 is 6.61 Å². The predicted molar refractivity (Wildman–Crippen MR) is 71.9 cm³/mol. The molecule has 1 heterocycles. The molecule has 0 amide bonds. The van der Waals surface area contributed by atoms with E-state index in [2.05, 4.69) is 20.0 Å². The second kappa shape index (κ2) is 6.27. The van der Waals surface area contributed by atoms with Gasteiger partial charge in [-0.3, -0.25) is 9.97 Å². The zero-order valence-corrected chi connectivity index (χ0v) is 11.2. The summed E-state index contributed by atoms with van der Waals surface area (Å²) < 4.78 is 28.7. The molecule has 20 heavy (non-hydrogen) atoms. The first kappa shape index (κ1) is 14.2. The maximum absolute atomic E-state index is 12.2. The Morgan fingerprint density at radius 1 is 1.20 bits per heavy atom. The number of hydrogen-bond acceptors (Lipinski definition) is 4. The van der Waals surface area contributed by atoms with Crippen molar-refractivity contribution in [1.82, 2.24) is 9.97 Å². The molecule has 1 atom stereocenters. The topological polar surface area (TPSA) is 47.0 Å². The van der Waals surface area contributed by atoms with Crippen molar-refractivity contribution in [2.75, 3.05) is 5.32 Å². The van der Waals surface area contributed by atoms with Crippen molar-refractivity contribution in [2.45, 2.75) is 26.5 Å². The summed E-state index contributed by atoms with van der Waals surface area (Å²) in [5.74, 6) is 0.119. The lowest BCUT2D eigenvalue weighted by atomic mass is 10.1. The summed E-state index contributed by atoms with van der Waals surface area (Å²) in [4.78, 5) is 8.44. The third-order valence-corrected chi connectivity index (χ3v) is 2.77. The zero-order chi connectivity index (χ0) is 14.5. The minimum atomic E-state index is -2.83. The summed E-state index contributed by atoms with van der Waals surface area (Å²) >= 11 is 0. The SMILES string of the molecule is Cc1nccnc1C(C)Nc1cccc(OC(F)F)c1. The fourth-order valence-corrected chi connectivity index (χ4v) is 1.92. The highest BCUT2D eigenvalue weighted by atomic mass is 19.3. The van der Waals surface area contributed by atoms with E-state index in [9.17, 15) is 8.78 Å². The minimum absolute atomic E-state index is 0.0921. The number of aromatic nitrogens is 2. The van der Waals surface area contributed by atoms with Crippen LogP contribution in [0.1, 0.15) is 24.4 Å². The lowest BCUT2D eigenvalue weighted by molar-refractivity contribution is -0.0498. The van der Waals surface area contributed by atoms with Crippen LogP contribution >= 0.6 is 0 Å². The van der Waals surface area contributed by atoms with Crippen LogP contribution in [0.5, 0.6) is 5.75 Å². The van der Waals surface area contributed by atoms with E-state index in [-0.39, 0.29) is 11.8 Å². The third kappa shape index (κ3) is 3.63. The van der Waals surface area contributed by atoms with Crippen molar-refractivity contribution in [3.8, 4) is 5.75 Å². The maximum Gasteiger partial charge on any atom is 0.387 e. The van der Waals surface area contributed by atoms with Crippen LogP contribution < -0.4 is 10.1 Å². The molecule has 0 spiro atoms. The fourth-order valence-electron chi connectivity index (χ4n) is 1.92. The van der Waals surface area contributed by atoms with E-state index < -0.39 is 6.61 Å². The van der Waals surface area contributed by atoms with Gasteiger partial charge in [-0.2, -0.15) is 8.78 Å². The Kier molecular flexibility index (Phi) is 4.45. The van der Waals surface area contributed by atoms with Gasteiger partial charge in [0, 0.05) is 24.1 Å². The molecule has 4 nitrogen and oxygen atoms in total. The minimum Gasteiger partial charge on any atom is -0.435 e. The standard InChI is InChI=1S/C14H15F2N3O/c1-9-13(18-7-6-17-9)10(2)19-11-4-3-5-12(8-11)20-14(15)16/h3-8,10,14,19H,1-2H3. The quantitative estimate of drug-likeness (QED) is 0.909. The molecular weight excluding hydrogens is 264 g/mol. The molecule has 2 rings (SSSR count). The number of halogens is 2. The number of ether oxygens (including phenoxy) is 1. The molecule has 0 saturated carbocycles. The highest BCUT2D eigenvalue weighted by molar-refractivity contribution is 5.49. The summed E-state index contributed by atoms with van der Waals surface area (Å²) in [7, 11) is 0. The molecule has 1 unspecified atom stereocenters. The van der Waals surface area contributed by atoms with Crippen LogP contribution in [0.3, 0.4) is 0 Å². The number of anilines is 1. The van der Waals surface area contributed by atoms with E-state index in [4.69, 9.17) is 0 Å². The highest BCUT2D eigenvalue weighted by Crippen LogP contribution is 2.23. The smallest absolute Gasteiger partial charge is 0.387 e. The van der Waals surface area contributed by atoms with Gasteiger partial charge < -0.3 is 10.1 Å². The fraction of sp³-hybridized carbons (Fsp3) is 0.286. The number of rotatable bonds is 5.